The molecular weight excluding hydrogens is 466 g/mol. The number of aromatic nitrogens is 3. The summed E-state index contributed by atoms with van der Waals surface area (Å²) in [5.41, 5.74) is 2.37. The van der Waals surface area contributed by atoms with Gasteiger partial charge in [-0.15, -0.1) is 10.2 Å². The lowest BCUT2D eigenvalue weighted by molar-refractivity contribution is -0.115. The SMILES string of the molecule is C[C@@H](Sc1nnc(Cc2cccc3ccccc23)n1C1CCCCC1)C(=O)Nc1cccc(C#N)c1. The molecule has 1 heterocycles. The Bertz CT molecular complexity index is 1410. The van der Waals surface area contributed by atoms with Crippen molar-refractivity contribution in [3.63, 3.8) is 0 Å². The molecule has 0 saturated heterocycles. The van der Waals surface area contributed by atoms with Crippen molar-refractivity contribution >= 4 is 34.1 Å². The molecule has 6 nitrogen and oxygen atoms in total. The summed E-state index contributed by atoms with van der Waals surface area (Å²) in [6.45, 7) is 1.89. The van der Waals surface area contributed by atoms with Gasteiger partial charge in [-0.25, -0.2) is 0 Å². The Morgan fingerprint density at radius 3 is 2.69 bits per heavy atom. The molecule has 7 heteroatoms. The minimum absolute atomic E-state index is 0.121. The third-order valence-electron chi connectivity index (χ3n) is 6.81. The van der Waals surface area contributed by atoms with E-state index in [1.807, 2.05) is 6.92 Å². The fraction of sp³-hybridized carbons (Fsp3) is 0.310. The fourth-order valence-electron chi connectivity index (χ4n) is 4.95. The predicted molar refractivity (Wildman–Crippen MR) is 144 cm³/mol. The van der Waals surface area contributed by atoms with Crippen LogP contribution in [0, 0.1) is 11.3 Å². The van der Waals surface area contributed by atoms with Crippen molar-refractivity contribution in [3.8, 4) is 6.07 Å². The zero-order valence-electron chi connectivity index (χ0n) is 20.4. The van der Waals surface area contributed by atoms with Gasteiger partial charge in [0.05, 0.1) is 16.9 Å². The van der Waals surface area contributed by atoms with Gasteiger partial charge < -0.3 is 9.88 Å². The van der Waals surface area contributed by atoms with Crippen LogP contribution in [-0.4, -0.2) is 25.9 Å². The molecule has 1 saturated carbocycles. The van der Waals surface area contributed by atoms with E-state index in [2.05, 4.69) is 68.6 Å². The Kier molecular flexibility index (Phi) is 7.33. The summed E-state index contributed by atoms with van der Waals surface area (Å²) in [6, 6.07) is 24.3. The van der Waals surface area contributed by atoms with E-state index in [1.165, 1.54) is 47.4 Å². The molecule has 1 aromatic heterocycles. The van der Waals surface area contributed by atoms with Gasteiger partial charge >= 0.3 is 0 Å². The van der Waals surface area contributed by atoms with Crippen molar-refractivity contribution in [2.75, 3.05) is 5.32 Å². The van der Waals surface area contributed by atoms with Crippen LogP contribution in [0.1, 0.15) is 62.0 Å². The number of hydrogen-bond donors (Lipinski definition) is 1. The van der Waals surface area contributed by atoms with Gasteiger partial charge in [0.1, 0.15) is 5.82 Å². The van der Waals surface area contributed by atoms with Crippen LogP contribution in [-0.2, 0) is 11.2 Å². The number of rotatable bonds is 7. The second kappa shape index (κ2) is 11.0. The number of nitrogens with zero attached hydrogens (tertiary/aromatic N) is 4. The van der Waals surface area contributed by atoms with Crippen LogP contribution in [0.5, 0.6) is 0 Å². The summed E-state index contributed by atoms with van der Waals surface area (Å²) in [5.74, 6) is 0.832. The van der Waals surface area contributed by atoms with Crippen molar-refractivity contribution in [1.29, 1.82) is 5.26 Å². The highest BCUT2D eigenvalue weighted by Gasteiger charge is 2.26. The number of nitrogens with one attached hydrogen (secondary N) is 1. The highest BCUT2D eigenvalue weighted by Crippen LogP contribution is 2.35. The third-order valence-corrected chi connectivity index (χ3v) is 7.87. The Hall–Kier alpha value is -3.63. The molecule has 0 aliphatic heterocycles. The highest BCUT2D eigenvalue weighted by molar-refractivity contribution is 8.00. The molecule has 1 aliphatic rings. The van der Waals surface area contributed by atoms with E-state index in [1.54, 1.807) is 24.3 Å². The van der Waals surface area contributed by atoms with Crippen LogP contribution in [0.3, 0.4) is 0 Å². The number of carbonyl (C=O) groups excluding carboxylic acids is 1. The van der Waals surface area contributed by atoms with Crippen LogP contribution in [0.15, 0.2) is 71.9 Å². The zero-order chi connectivity index (χ0) is 24.9. The largest absolute Gasteiger partial charge is 0.325 e. The normalized spacial score (nSPS) is 14.9. The molecule has 0 spiro atoms. The number of thioether (sulfide) groups is 1. The van der Waals surface area contributed by atoms with Crippen molar-refractivity contribution in [3.05, 3.63) is 83.7 Å². The van der Waals surface area contributed by atoms with Gasteiger partial charge in [0, 0.05) is 18.2 Å². The quantitative estimate of drug-likeness (QED) is 0.295. The van der Waals surface area contributed by atoms with Crippen LogP contribution in [0.4, 0.5) is 5.69 Å². The van der Waals surface area contributed by atoms with Gasteiger partial charge in [-0.3, -0.25) is 4.79 Å². The maximum absolute atomic E-state index is 13.0. The van der Waals surface area contributed by atoms with E-state index in [0.29, 0.717) is 23.7 Å². The molecule has 4 aromatic rings. The fourth-order valence-corrected chi connectivity index (χ4v) is 5.89. The summed E-state index contributed by atoms with van der Waals surface area (Å²) in [5, 5.41) is 24.2. The van der Waals surface area contributed by atoms with E-state index in [4.69, 9.17) is 5.26 Å². The van der Waals surface area contributed by atoms with Gasteiger partial charge in [-0.1, -0.05) is 79.6 Å². The molecule has 36 heavy (non-hydrogen) atoms. The van der Waals surface area contributed by atoms with E-state index >= 15 is 0 Å². The summed E-state index contributed by atoms with van der Waals surface area (Å²) in [4.78, 5) is 13.0. The Morgan fingerprint density at radius 1 is 1.08 bits per heavy atom. The number of benzene rings is 3. The van der Waals surface area contributed by atoms with E-state index in [9.17, 15) is 4.79 Å². The van der Waals surface area contributed by atoms with Crippen LogP contribution in [0.2, 0.25) is 0 Å². The molecule has 0 radical (unpaired) electrons. The molecule has 1 aliphatic carbocycles. The lowest BCUT2D eigenvalue weighted by Gasteiger charge is -2.26. The molecule has 1 fully saturated rings. The van der Waals surface area contributed by atoms with Crippen molar-refractivity contribution in [2.24, 2.45) is 0 Å². The molecule has 1 atom stereocenters. The molecular formula is C29H29N5OS. The van der Waals surface area contributed by atoms with Crippen LogP contribution < -0.4 is 5.32 Å². The summed E-state index contributed by atoms with van der Waals surface area (Å²) in [7, 11) is 0. The van der Waals surface area contributed by atoms with Crippen molar-refractivity contribution in [1.82, 2.24) is 14.8 Å². The summed E-state index contributed by atoms with van der Waals surface area (Å²) < 4.78 is 2.30. The Balaban J connectivity index is 1.40. The summed E-state index contributed by atoms with van der Waals surface area (Å²) >= 11 is 1.45. The standard InChI is InChI=1S/C29H29N5OS/c1-20(28(35)31-24-13-7-9-21(17-24)19-30)36-29-33-32-27(34(29)25-14-3-2-4-15-25)18-23-12-8-11-22-10-5-6-16-26(22)23/h5-13,16-17,20,25H,2-4,14-15,18H2,1H3,(H,31,35)/t20-/m1/s1. The van der Waals surface area contributed by atoms with E-state index in [-0.39, 0.29) is 11.2 Å². The van der Waals surface area contributed by atoms with Crippen molar-refractivity contribution < 1.29 is 4.79 Å². The lowest BCUT2D eigenvalue weighted by Crippen LogP contribution is -2.24. The van der Waals surface area contributed by atoms with Gasteiger partial charge in [0.15, 0.2) is 5.16 Å². The lowest BCUT2D eigenvalue weighted by atomic mass is 9.95. The minimum Gasteiger partial charge on any atom is -0.325 e. The van der Waals surface area contributed by atoms with Gasteiger partial charge in [0.25, 0.3) is 0 Å². The van der Waals surface area contributed by atoms with E-state index in [0.717, 1.165) is 23.8 Å². The van der Waals surface area contributed by atoms with Crippen molar-refractivity contribution in [2.45, 2.75) is 61.9 Å². The molecule has 0 bridgehead atoms. The second-order valence-electron chi connectivity index (χ2n) is 9.32. The van der Waals surface area contributed by atoms with Gasteiger partial charge in [-0.05, 0) is 54.3 Å². The zero-order valence-corrected chi connectivity index (χ0v) is 21.2. The molecule has 3 aromatic carbocycles. The van der Waals surface area contributed by atoms with Crippen LogP contribution >= 0.6 is 11.8 Å². The van der Waals surface area contributed by atoms with Crippen LogP contribution in [0.25, 0.3) is 10.8 Å². The monoisotopic (exact) mass is 495 g/mol. The number of fused-ring (bicyclic) bond motifs is 1. The van der Waals surface area contributed by atoms with E-state index < -0.39 is 0 Å². The minimum atomic E-state index is -0.368. The topological polar surface area (TPSA) is 83.6 Å². The highest BCUT2D eigenvalue weighted by atomic mass is 32.2. The van der Waals surface area contributed by atoms with Gasteiger partial charge in [0.2, 0.25) is 5.91 Å². The van der Waals surface area contributed by atoms with Gasteiger partial charge in [-0.2, -0.15) is 5.26 Å². The molecule has 1 amide bonds. The molecule has 0 unspecified atom stereocenters. The number of carbonyl (C=O) groups is 1. The average molecular weight is 496 g/mol. The molecule has 5 rings (SSSR count). The Labute approximate surface area is 215 Å². The number of amides is 1. The third kappa shape index (κ3) is 5.29. The number of nitriles is 1. The first-order valence-corrected chi connectivity index (χ1v) is 13.4. The average Bonchev–Trinajstić information content (AvgIpc) is 3.31. The summed E-state index contributed by atoms with van der Waals surface area (Å²) in [6.07, 6.45) is 6.58. The smallest absolute Gasteiger partial charge is 0.237 e. The molecule has 182 valence electrons. The first-order valence-electron chi connectivity index (χ1n) is 12.5. The Morgan fingerprint density at radius 2 is 1.86 bits per heavy atom. The first-order chi connectivity index (χ1) is 17.6. The number of anilines is 1. The second-order valence-corrected chi connectivity index (χ2v) is 10.6. The maximum atomic E-state index is 13.0. The maximum Gasteiger partial charge on any atom is 0.237 e. The first kappa shape index (κ1) is 24.1. The number of hydrogen-bond acceptors (Lipinski definition) is 5. The predicted octanol–water partition coefficient (Wildman–Crippen LogP) is 6.52. The molecule has 1 N–H and O–H groups in total.